The molecule has 0 spiro atoms. The van der Waals surface area contributed by atoms with Crippen molar-refractivity contribution < 1.29 is 4.79 Å². The Morgan fingerprint density at radius 2 is 2.00 bits per heavy atom. The molecular weight excluding hydrogens is 200 g/mol. The second kappa shape index (κ2) is 4.77. The maximum atomic E-state index is 10.6. The first-order valence-corrected chi connectivity index (χ1v) is 4.50. The van der Waals surface area contributed by atoms with Crippen LogP contribution in [0.3, 0.4) is 0 Å². The van der Waals surface area contributed by atoms with Crippen LogP contribution < -0.4 is 0 Å². The number of benzene rings is 1. The number of carbonyl (C=O) groups is 1. The van der Waals surface area contributed by atoms with Gasteiger partial charge in [0.1, 0.15) is 0 Å². The van der Waals surface area contributed by atoms with Crippen molar-refractivity contribution in [2.45, 2.75) is 6.92 Å². The number of hydrogen-bond acceptors (Lipinski definition) is 2. The maximum absolute atomic E-state index is 10.6. The van der Waals surface area contributed by atoms with Crippen molar-refractivity contribution in [1.29, 1.82) is 0 Å². The topological polar surface area (TPSA) is 32.7 Å². The Bertz CT molecular complexity index is 346. The minimum atomic E-state index is -0.555. The summed E-state index contributed by atoms with van der Waals surface area (Å²) in [5.41, 5.74) is 1.96. The average molecular weight is 211 g/mol. The van der Waals surface area contributed by atoms with Gasteiger partial charge in [-0.25, -0.2) is 4.99 Å². The van der Waals surface area contributed by atoms with Crippen LogP contribution in [-0.2, 0) is 0 Å². The fourth-order valence-electron chi connectivity index (χ4n) is 0.829. The van der Waals surface area contributed by atoms with Gasteiger partial charge in [0, 0.05) is 7.05 Å². The summed E-state index contributed by atoms with van der Waals surface area (Å²) in [4.78, 5) is 15.9. The molecule has 0 aliphatic carbocycles. The Kier molecular flexibility index (Phi) is 3.65. The number of halogens is 1. The molecule has 0 saturated heterocycles. The van der Waals surface area contributed by atoms with Crippen LogP contribution in [0.1, 0.15) is 5.56 Å². The predicted octanol–water partition coefficient (Wildman–Crippen LogP) is 2.95. The quantitative estimate of drug-likeness (QED) is 0.320. The van der Waals surface area contributed by atoms with Crippen LogP contribution in [0.2, 0.25) is 0 Å². The van der Waals surface area contributed by atoms with Crippen LogP contribution in [0, 0.1) is 6.92 Å². The van der Waals surface area contributed by atoms with Gasteiger partial charge in [0.15, 0.2) is 0 Å². The molecule has 0 unspecified atom stereocenters. The summed E-state index contributed by atoms with van der Waals surface area (Å²) in [5, 5.41) is -0.555. The van der Waals surface area contributed by atoms with Gasteiger partial charge >= 0.3 is 5.37 Å². The van der Waals surface area contributed by atoms with Crippen LogP contribution >= 0.6 is 11.6 Å². The summed E-state index contributed by atoms with van der Waals surface area (Å²) in [6.45, 7) is 2.00. The molecule has 0 aromatic heterocycles. The molecule has 0 atom stereocenters. The zero-order valence-electron chi connectivity index (χ0n) is 8.07. The van der Waals surface area contributed by atoms with Gasteiger partial charge in [-0.3, -0.25) is 9.69 Å². The van der Waals surface area contributed by atoms with E-state index >= 15 is 0 Å². The van der Waals surface area contributed by atoms with Gasteiger partial charge in [-0.2, -0.15) is 0 Å². The molecule has 0 heterocycles. The van der Waals surface area contributed by atoms with Gasteiger partial charge in [0.25, 0.3) is 0 Å². The molecule has 0 aliphatic heterocycles. The Morgan fingerprint density at radius 3 is 2.50 bits per heavy atom. The lowest BCUT2D eigenvalue weighted by Gasteiger charge is -2.04. The van der Waals surface area contributed by atoms with Crippen molar-refractivity contribution >= 4 is 29.0 Å². The molecule has 1 rings (SSSR count). The number of nitrogens with zero attached hydrogens (tertiary/aromatic N) is 2. The summed E-state index contributed by atoms with van der Waals surface area (Å²) in [5.74, 6) is 0. The van der Waals surface area contributed by atoms with Gasteiger partial charge in [-0.15, -0.1) is 0 Å². The maximum Gasteiger partial charge on any atom is 0.321 e. The zero-order chi connectivity index (χ0) is 10.6. The molecule has 4 heteroatoms. The molecule has 0 radical (unpaired) electrons. The van der Waals surface area contributed by atoms with Crippen molar-refractivity contribution in [2.24, 2.45) is 4.99 Å². The number of rotatable bonds is 2. The van der Waals surface area contributed by atoms with E-state index in [1.165, 1.54) is 16.8 Å². The van der Waals surface area contributed by atoms with Gasteiger partial charge < -0.3 is 0 Å². The van der Waals surface area contributed by atoms with E-state index in [2.05, 4.69) is 4.99 Å². The average Bonchev–Trinajstić information content (AvgIpc) is 2.16. The van der Waals surface area contributed by atoms with E-state index in [0.717, 1.165) is 5.69 Å². The van der Waals surface area contributed by atoms with Crippen molar-refractivity contribution in [1.82, 2.24) is 4.90 Å². The first kappa shape index (κ1) is 10.7. The van der Waals surface area contributed by atoms with Gasteiger partial charge in [0.05, 0.1) is 12.0 Å². The Balaban J connectivity index is 2.69. The Morgan fingerprint density at radius 1 is 1.43 bits per heavy atom. The first-order valence-electron chi connectivity index (χ1n) is 4.13. The van der Waals surface area contributed by atoms with E-state index in [4.69, 9.17) is 11.6 Å². The minimum Gasteiger partial charge on any atom is -0.292 e. The van der Waals surface area contributed by atoms with Crippen LogP contribution in [0.25, 0.3) is 0 Å². The van der Waals surface area contributed by atoms with Crippen molar-refractivity contribution in [3.05, 3.63) is 29.8 Å². The number of hydrogen-bond donors (Lipinski definition) is 0. The molecule has 1 amide bonds. The van der Waals surface area contributed by atoms with E-state index in [1.807, 2.05) is 31.2 Å². The zero-order valence-corrected chi connectivity index (χ0v) is 8.82. The second-order valence-electron chi connectivity index (χ2n) is 2.94. The summed E-state index contributed by atoms with van der Waals surface area (Å²) in [6.07, 6.45) is 1.39. The lowest BCUT2D eigenvalue weighted by Crippen LogP contribution is -2.17. The summed E-state index contributed by atoms with van der Waals surface area (Å²) >= 11 is 5.22. The van der Waals surface area contributed by atoms with Gasteiger partial charge in [-0.05, 0) is 30.7 Å². The smallest absolute Gasteiger partial charge is 0.292 e. The highest BCUT2D eigenvalue weighted by Crippen LogP contribution is 2.11. The lowest BCUT2D eigenvalue weighted by molar-refractivity contribution is 0.248. The Hall–Kier alpha value is -1.35. The number of aryl methyl sites for hydroxylation is 1. The van der Waals surface area contributed by atoms with Crippen LogP contribution in [0.4, 0.5) is 10.5 Å². The molecule has 0 aliphatic rings. The highest BCUT2D eigenvalue weighted by atomic mass is 35.5. The monoisotopic (exact) mass is 210 g/mol. The molecule has 0 N–H and O–H groups in total. The summed E-state index contributed by atoms with van der Waals surface area (Å²) < 4.78 is 0. The SMILES string of the molecule is Cc1ccc(N=CN(C)C(=O)Cl)cc1. The highest BCUT2D eigenvalue weighted by Gasteiger charge is 1.98. The van der Waals surface area contributed by atoms with Crippen molar-refractivity contribution in [3.63, 3.8) is 0 Å². The molecule has 1 aromatic rings. The van der Waals surface area contributed by atoms with Crippen molar-refractivity contribution in [2.75, 3.05) is 7.05 Å². The molecular formula is C10H11ClN2O. The fraction of sp³-hybridized carbons (Fsp3) is 0.200. The third-order valence-corrected chi connectivity index (χ3v) is 1.96. The molecule has 0 fully saturated rings. The second-order valence-corrected chi connectivity index (χ2v) is 3.27. The molecule has 1 aromatic carbocycles. The minimum absolute atomic E-state index is 0.555. The first-order chi connectivity index (χ1) is 6.59. The van der Waals surface area contributed by atoms with E-state index in [1.54, 1.807) is 7.05 Å². The van der Waals surface area contributed by atoms with Gasteiger partial charge in [-0.1, -0.05) is 17.7 Å². The molecule has 0 saturated carbocycles. The molecule has 0 bridgehead atoms. The largest absolute Gasteiger partial charge is 0.321 e. The number of carbonyl (C=O) groups excluding carboxylic acids is 1. The van der Waals surface area contributed by atoms with Crippen molar-refractivity contribution in [3.8, 4) is 0 Å². The van der Waals surface area contributed by atoms with E-state index < -0.39 is 5.37 Å². The van der Waals surface area contributed by atoms with E-state index in [-0.39, 0.29) is 0 Å². The normalized spacial score (nSPS) is 10.5. The lowest BCUT2D eigenvalue weighted by atomic mass is 10.2. The fourth-order valence-corrected chi connectivity index (χ4v) is 0.873. The predicted molar refractivity (Wildman–Crippen MR) is 58.3 cm³/mol. The van der Waals surface area contributed by atoms with E-state index in [9.17, 15) is 4.79 Å². The number of aliphatic imine (C=N–C) groups is 1. The van der Waals surface area contributed by atoms with Crippen LogP contribution in [0.15, 0.2) is 29.3 Å². The summed E-state index contributed by atoms with van der Waals surface area (Å²) in [7, 11) is 1.55. The molecule has 74 valence electrons. The number of amides is 1. The summed E-state index contributed by atoms with van der Waals surface area (Å²) in [6, 6.07) is 7.65. The third-order valence-electron chi connectivity index (χ3n) is 1.69. The van der Waals surface area contributed by atoms with Crippen LogP contribution in [-0.4, -0.2) is 23.7 Å². The highest BCUT2D eigenvalue weighted by molar-refractivity contribution is 6.63. The molecule has 3 nitrogen and oxygen atoms in total. The van der Waals surface area contributed by atoms with Crippen LogP contribution in [0.5, 0.6) is 0 Å². The molecule has 14 heavy (non-hydrogen) atoms. The third kappa shape index (κ3) is 3.18. The Labute approximate surface area is 88.0 Å². The van der Waals surface area contributed by atoms with E-state index in [0.29, 0.717) is 0 Å². The standard InChI is InChI=1S/C10H11ClN2O/c1-8-3-5-9(6-4-8)12-7-13(2)10(11)14/h3-7H,1-2H3. The van der Waals surface area contributed by atoms with Gasteiger partial charge in [0.2, 0.25) is 0 Å².